The molecule has 0 radical (unpaired) electrons. The zero-order valence-corrected chi connectivity index (χ0v) is 18.0. The molecule has 1 atom stereocenters. The van der Waals surface area contributed by atoms with Crippen molar-refractivity contribution in [3.05, 3.63) is 33.7 Å². The van der Waals surface area contributed by atoms with Gasteiger partial charge in [0.1, 0.15) is 12.0 Å². The fourth-order valence-corrected chi connectivity index (χ4v) is 4.44. The van der Waals surface area contributed by atoms with Crippen molar-refractivity contribution >= 4 is 24.1 Å². The van der Waals surface area contributed by atoms with E-state index in [1.165, 1.54) is 0 Å². The molecule has 1 unspecified atom stereocenters. The molecule has 1 saturated heterocycles. The van der Waals surface area contributed by atoms with Crippen molar-refractivity contribution in [1.29, 1.82) is 5.26 Å². The summed E-state index contributed by atoms with van der Waals surface area (Å²) in [5.41, 5.74) is 2.39. The Labute approximate surface area is 167 Å². The summed E-state index contributed by atoms with van der Waals surface area (Å²) in [6, 6.07) is 5.80. The van der Waals surface area contributed by atoms with Crippen LogP contribution in [0.2, 0.25) is 0 Å². The van der Waals surface area contributed by atoms with Crippen molar-refractivity contribution in [1.82, 2.24) is 4.90 Å². The first-order chi connectivity index (χ1) is 12.5. The summed E-state index contributed by atoms with van der Waals surface area (Å²) < 4.78 is 0. The smallest absolute Gasteiger partial charge is 0.142 e. The normalized spacial score (nSPS) is 20.5. The minimum absolute atomic E-state index is 0.199. The zero-order chi connectivity index (χ0) is 20.4. The molecule has 1 fully saturated rings. The quantitative estimate of drug-likeness (QED) is 0.613. The first kappa shape index (κ1) is 21.5. The van der Waals surface area contributed by atoms with E-state index >= 15 is 0 Å². The summed E-state index contributed by atoms with van der Waals surface area (Å²) in [5, 5.41) is 19.9. The Bertz CT molecular complexity index is 744. The highest BCUT2D eigenvalue weighted by Gasteiger charge is 2.29. The summed E-state index contributed by atoms with van der Waals surface area (Å²) in [6.07, 6.45) is 2.96. The topological polar surface area (TPSA) is 64.3 Å². The van der Waals surface area contributed by atoms with E-state index in [9.17, 15) is 9.90 Å². The van der Waals surface area contributed by atoms with E-state index < -0.39 is 0 Å². The van der Waals surface area contributed by atoms with Gasteiger partial charge in [0, 0.05) is 28.3 Å². The largest absolute Gasteiger partial charge is 0.507 e. The minimum atomic E-state index is -0.381. The first-order valence-corrected chi connectivity index (χ1v) is 10.3. The molecular formula is C22H30N2O2S. The van der Waals surface area contributed by atoms with Gasteiger partial charge in [-0.2, -0.15) is 5.26 Å². The number of rotatable bonds is 3. The maximum absolute atomic E-state index is 11.7. The average molecular weight is 387 g/mol. The summed E-state index contributed by atoms with van der Waals surface area (Å²) in [6.45, 7) is 13.5. The van der Waals surface area contributed by atoms with Gasteiger partial charge in [-0.1, -0.05) is 41.5 Å². The van der Waals surface area contributed by atoms with E-state index in [4.69, 9.17) is 5.26 Å². The van der Waals surface area contributed by atoms with Crippen molar-refractivity contribution in [2.45, 2.75) is 58.4 Å². The van der Waals surface area contributed by atoms with Gasteiger partial charge in [-0.05, 0) is 34.6 Å². The van der Waals surface area contributed by atoms with Crippen molar-refractivity contribution in [3.8, 4) is 11.8 Å². The van der Waals surface area contributed by atoms with Gasteiger partial charge in [0.2, 0.25) is 0 Å². The molecule has 146 valence electrons. The first-order valence-electron chi connectivity index (χ1n) is 9.27. The summed E-state index contributed by atoms with van der Waals surface area (Å²) >= 11 is 1.67. The molecule has 0 aromatic heterocycles. The lowest BCUT2D eigenvalue weighted by atomic mass is 9.78. The predicted octanol–water partition coefficient (Wildman–Crippen LogP) is 4.47. The Morgan fingerprint density at radius 1 is 1.22 bits per heavy atom. The second kappa shape index (κ2) is 8.08. The monoisotopic (exact) mass is 386 g/mol. The van der Waals surface area contributed by atoms with Crippen molar-refractivity contribution in [2.75, 3.05) is 18.8 Å². The maximum Gasteiger partial charge on any atom is 0.142 e. The zero-order valence-electron chi connectivity index (χ0n) is 17.2. The number of aromatic hydroxyl groups is 1. The number of nitriles is 1. The van der Waals surface area contributed by atoms with Crippen LogP contribution in [0.4, 0.5) is 0 Å². The SMILES string of the molecule is CC(C)(C)c1cc(C=C2SCCN(CC#N)C2C=O)cc(C(C)(C)C)c1O. The van der Waals surface area contributed by atoms with E-state index in [0.717, 1.165) is 40.2 Å². The molecule has 0 bridgehead atoms. The number of thioether (sulfide) groups is 1. The van der Waals surface area contributed by atoms with E-state index in [2.05, 4.69) is 47.6 Å². The molecule has 1 N–H and O–H groups in total. The molecule has 0 aliphatic carbocycles. The van der Waals surface area contributed by atoms with Crippen LogP contribution in [-0.4, -0.2) is 41.2 Å². The lowest BCUT2D eigenvalue weighted by Gasteiger charge is -2.32. The van der Waals surface area contributed by atoms with Crippen molar-refractivity contribution in [2.24, 2.45) is 0 Å². The molecular weight excluding hydrogens is 356 g/mol. The molecule has 1 aliphatic heterocycles. The average Bonchev–Trinajstić information content (AvgIpc) is 2.55. The molecule has 5 heteroatoms. The van der Waals surface area contributed by atoms with Gasteiger partial charge >= 0.3 is 0 Å². The Hall–Kier alpha value is -1.77. The van der Waals surface area contributed by atoms with E-state index in [1.54, 1.807) is 11.8 Å². The number of carbonyl (C=O) groups excluding carboxylic acids is 1. The second-order valence-electron chi connectivity index (χ2n) is 9.07. The number of nitrogens with zero attached hydrogens (tertiary/aromatic N) is 2. The number of aldehydes is 1. The summed E-state index contributed by atoms with van der Waals surface area (Å²) in [4.78, 5) is 14.6. The number of benzene rings is 1. The molecule has 1 aliphatic rings. The molecule has 1 aromatic carbocycles. The Balaban J connectivity index is 2.59. The van der Waals surface area contributed by atoms with Crippen LogP contribution in [0, 0.1) is 11.3 Å². The van der Waals surface area contributed by atoms with Gasteiger partial charge in [0.25, 0.3) is 0 Å². The molecule has 4 nitrogen and oxygen atoms in total. The summed E-state index contributed by atoms with van der Waals surface area (Å²) in [5.74, 6) is 1.21. The lowest BCUT2D eigenvalue weighted by molar-refractivity contribution is -0.110. The third-order valence-corrected chi connectivity index (χ3v) is 5.87. The number of phenols is 1. The van der Waals surface area contributed by atoms with Crippen LogP contribution >= 0.6 is 11.8 Å². The van der Waals surface area contributed by atoms with E-state index in [1.807, 2.05) is 23.1 Å². The molecule has 27 heavy (non-hydrogen) atoms. The van der Waals surface area contributed by atoms with E-state index in [-0.39, 0.29) is 23.4 Å². The number of carbonyl (C=O) groups is 1. The maximum atomic E-state index is 11.7. The second-order valence-corrected chi connectivity index (χ2v) is 10.2. The fraction of sp³-hybridized carbons (Fsp3) is 0.545. The lowest BCUT2D eigenvalue weighted by Crippen LogP contribution is -2.42. The molecule has 1 heterocycles. The van der Waals surface area contributed by atoms with Gasteiger partial charge in [0.05, 0.1) is 18.7 Å². The van der Waals surface area contributed by atoms with Gasteiger partial charge in [0.15, 0.2) is 0 Å². The Morgan fingerprint density at radius 3 is 2.22 bits per heavy atom. The third-order valence-electron chi connectivity index (χ3n) is 4.79. The number of phenolic OH excluding ortho intramolecular Hbond substituents is 1. The number of hydrogen-bond acceptors (Lipinski definition) is 5. The fourth-order valence-electron chi connectivity index (χ4n) is 3.28. The van der Waals surface area contributed by atoms with Gasteiger partial charge in [-0.3, -0.25) is 4.90 Å². The molecule has 0 saturated carbocycles. The highest BCUT2D eigenvalue weighted by Crippen LogP contribution is 2.41. The minimum Gasteiger partial charge on any atom is -0.507 e. The van der Waals surface area contributed by atoms with Crippen LogP contribution in [0.15, 0.2) is 17.0 Å². The van der Waals surface area contributed by atoms with Gasteiger partial charge < -0.3 is 9.90 Å². The molecule has 0 amide bonds. The van der Waals surface area contributed by atoms with Gasteiger partial charge in [-0.25, -0.2) is 0 Å². The summed E-state index contributed by atoms with van der Waals surface area (Å²) in [7, 11) is 0. The van der Waals surface area contributed by atoms with Crippen LogP contribution in [0.1, 0.15) is 58.2 Å². The molecule has 0 spiro atoms. The molecule has 1 aromatic rings. The standard InChI is InChI=1S/C22H30N2O2S/c1-21(2,3)16-11-15(12-17(20(16)26)22(4,5)6)13-19-18(14-25)24(8-7-23)9-10-27-19/h11-14,18,26H,8-10H2,1-6H3. The highest BCUT2D eigenvalue weighted by atomic mass is 32.2. The van der Waals surface area contributed by atoms with Crippen LogP contribution in [0.3, 0.4) is 0 Å². The van der Waals surface area contributed by atoms with Crippen molar-refractivity contribution < 1.29 is 9.90 Å². The van der Waals surface area contributed by atoms with Crippen LogP contribution in [0.25, 0.3) is 6.08 Å². The van der Waals surface area contributed by atoms with Crippen LogP contribution in [-0.2, 0) is 15.6 Å². The van der Waals surface area contributed by atoms with Crippen molar-refractivity contribution in [3.63, 3.8) is 0 Å². The van der Waals surface area contributed by atoms with Crippen LogP contribution < -0.4 is 0 Å². The third kappa shape index (κ3) is 4.94. The van der Waals surface area contributed by atoms with Crippen LogP contribution in [0.5, 0.6) is 5.75 Å². The molecule has 2 rings (SSSR count). The predicted molar refractivity (Wildman–Crippen MR) is 113 cm³/mol. The van der Waals surface area contributed by atoms with E-state index in [0.29, 0.717) is 5.75 Å². The number of hydrogen-bond donors (Lipinski definition) is 1. The Kier molecular flexibility index (Phi) is 6.44. The highest BCUT2D eigenvalue weighted by molar-refractivity contribution is 8.03. The van der Waals surface area contributed by atoms with Gasteiger partial charge in [-0.15, -0.1) is 11.8 Å². The Morgan fingerprint density at radius 2 is 1.78 bits per heavy atom.